The topological polar surface area (TPSA) is 257 Å². The van der Waals surface area contributed by atoms with Crippen molar-refractivity contribution in [3.63, 3.8) is 0 Å². The van der Waals surface area contributed by atoms with Gasteiger partial charge in [0.25, 0.3) is 5.08 Å². The predicted molar refractivity (Wildman–Crippen MR) is 92.1 cm³/mol. The van der Waals surface area contributed by atoms with Crippen molar-refractivity contribution in [2.24, 2.45) is 22.9 Å². The number of nitrogens with two attached hydrogens (primary N) is 4. The first-order valence-corrected chi connectivity index (χ1v) is 10.2. The standard InChI is InChI=1S/C6H12N2O7P2.2C2H8N2.2Pt/c9-6(16(10,11)12,17(13,14)15)1-3-8-4-2-7-5-8;2*3-1-2-4;;/h2,4-5,9H,1,3H2,(H2,10,11,12)(H2,13,14,15);2*1-4H2;;/q;;;2*+4. The number of aliphatic hydroxyl groups is 1. The molecule has 1 aromatic rings. The molecule has 17 heteroatoms. The van der Waals surface area contributed by atoms with E-state index in [1.165, 1.54) is 23.3 Å². The van der Waals surface area contributed by atoms with Gasteiger partial charge in [0.2, 0.25) is 0 Å². The maximum atomic E-state index is 11.0. The third-order valence-electron chi connectivity index (χ3n) is 2.53. The van der Waals surface area contributed by atoms with Gasteiger partial charge in [0, 0.05) is 51.5 Å². The van der Waals surface area contributed by atoms with Crippen LogP contribution in [0.1, 0.15) is 6.42 Å². The molecule has 0 radical (unpaired) electrons. The third kappa shape index (κ3) is 14.3. The molecule has 13 N–H and O–H groups in total. The maximum absolute atomic E-state index is 11.0. The van der Waals surface area contributed by atoms with Crippen LogP contribution in [0.2, 0.25) is 0 Å². The molecule has 0 unspecified atom stereocenters. The second-order valence-corrected chi connectivity index (χ2v) is 8.58. The van der Waals surface area contributed by atoms with E-state index in [4.69, 9.17) is 42.5 Å². The number of rotatable bonds is 7. The summed E-state index contributed by atoms with van der Waals surface area (Å²) in [5, 5.41) is 6.15. The molecule has 1 rings (SSSR count). The summed E-state index contributed by atoms with van der Waals surface area (Å²) in [6.07, 6.45) is 3.31. The number of imidazole rings is 1. The van der Waals surface area contributed by atoms with Crippen LogP contribution in [0.5, 0.6) is 0 Å². The van der Waals surface area contributed by atoms with Gasteiger partial charge >= 0.3 is 57.3 Å². The first kappa shape index (κ1) is 35.1. The molecule has 162 valence electrons. The Kier molecular flexibility index (Phi) is 22.8. The molecular formula is C10H28N6O7P2Pt2+8. The largest absolute Gasteiger partial charge is 4.00 e. The van der Waals surface area contributed by atoms with Crippen molar-refractivity contribution in [2.75, 3.05) is 26.2 Å². The van der Waals surface area contributed by atoms with E-state index in [1.807, 2.05) is 0 Å². The fourth-order valence-electron chi connectivity index (χ4n) is 1.16. The molecular weight excluding hydrogens is 768 g/mol. The van der Waals surface area contributed by atoms with Gasteiger partial charge in [-0.25, -0.2) is 4.98 Å². The Hall–Kier alpha value is 0.687. The van der Waals surface area contributed by atoms with Crippen molar-refractivity contribution in [1.29, 1.82) is 0 Å². The molecule has 0 atom stereocenters. The molecule has 13 nitrogen and oxygen atoms in total. The van der Waals surface area contributed by atoms with Crippen LogP contribution in [-0.4, -0.2) is 65.5 Å². The van der Waals surface area contributed by atoms with E-state index < -0.39 is 26.7 Å². The fraction of sp³-hybridized carbons (Fsp3) is 0.700. The molecule has 0 aliphatic carbocycles. The van der Waals surface area contributed by atoms with Gasteiger partial charge in [0.1, 0.15) is 0 Å². The predicted octanol–water partition coefficient (Wildman–Crippen LogP) is -2.92. The second-order valence-electron chi connectivity index (χ2n) is 4.57. The van der Waals surface area contributed by atoms with Crippen LogP contribution in [0.15, 0.2) is 18.7 Å². The van der Waals surface area contributed by atoms with Crippen LogP contribution in [0, 0.1) is 0 Å². The molecule has 1 aromatic heterocycles. The van der Waals surface area contributed by atoms with Crippen molar-refractivity contribution in [1.82, 2.24) is 9.55 Å². The third-order valence-corrected chi connectivity index (χ3v) is 6.41. The van der Waals surface area contributed by atoms with Crippen molar-refractivity contribution in [2.45, 2.75) is 18.0 Å². The average Bonchev–Trinajstić information content (AvgIpc) is 3.04. The second kappa shape index (κ2) is 17.5. The SMILES string of the molecule is NCCN.NCCN.O=P(O)(O)C(O)(CCn1ccnc1)P(=O)(O)O.[Pt+4].[Pt+4]. The van der Waals surface area contributed by atoms with Gasteiger partial charge in [-0.05, 0) is 0 Å². The van der Waals surface area contributed by atoms with E-state index in [-0.39, 0.29) is 48.7 Å². The van der Waals surface area contributed by atoms with Crippen LogP contribution in [0.3, 0.4) is 0 Å². The van der Waals surface area contributed by atoms with Gasteiger partial charge in [-0.1, -0.05) is 0 Å². The van der Waals surface area contributed by atoms with E-state index in [0.29, 0.717) is 26.2 Å². The summed E-state index contributed by atoms with van der Waals surface area (Å²) in [6.45, 7) is 2.20. The number of nitrogens with zero attached hydrogens (tertiary/aromatic N) is 2. The number of aromatic nitrogens is 2. The van der Waals surface area contributed by atoms with E-state index >= 15 is 0 Å². The minimum atomic E-state index is -5.37. The quantitative estimate of drug-likeness (QED) is 0.126. The van der Waals surface area contributed by atoms with E-state index in [0.717, 1.165) is 0 Å². The normalized spacial score (nSPS) is 11.0. The van der Waals surface area contributed by atoms with Gasteiger partial charge in [0.05, 0.1) is 6.33 Å². The Balaban J connectivity index is -0.000000225. The van der Waals surface area contributed by atoms with Crippen LogP contribution in [0.4, 0.5) is 0 Å². The molecule has 0 aromatic carbocycles. The van der Waals surface area contributed by atoms with Crippen molar-refractivity contribution in [3.05, 3.63) is 18.7 Å². The molecule has 0 fully saturated rings. The van der Waals surface area contributed by atoms with Crippen molar-refractivity contribution >= 4 is 15.2 Å². The summed E-state index contributed by atoms with van der Waals surface area (Å²) >= 11 is 0. The van der Waals surface area contributed by atoms with Crippen LogP contribution >= 0.6 is 15.2 Å². The van der Waals surface area contributed by atoms with Gasteiger partial charge < -0.3 is 52.2 Å². The summed E-state index contributed by atoms with van der Waals surface area (Å²) in [6, 6.07) is 0. The van der Waals surface area contributed by atoms with E-state index in [2.05, 4.69) is 4.98 Å². The van der Waals surface area contributed by atoms with E-state index in [9.17, 15) is 14.2 Å². The Morgan fingerprint density at radius 1 is 0.889 bits per heavy atom. The molecule has 0 amide bonds. The zero-order valence-electron chi connectivity index (χ0n) is 14.3. The number of aryl methyl sites for hydroxylation is 1. The molecule has 0 saturated heterocycles. The first-order chi connectivity index (χ1) is 11.4. The van der Waals surface area contributed by atoms with Crippen LogP contribution in [-0.2, 0) is 57.8 Å². The first-order valence-electron chi connectivity index (χ1n) is 7.00. The molecule has 27 heavy (non-hydrogen) atoms. The van der Waals surface area contributed by atoms with Crippen LogP contribution < -0.4 is 22.9 Å². The van der Waals surface area contributed by atoms with E-state index in [1.54, 1.807) is 0 Å². The Morgan fingerprint density at radius 3 is 1.48 bits per heavy atom. The Morgan fingerprint density at radius 2 is 1.26 bits per heavy atom. The zero-order valence-corrected chi connectivity index (χ0v) is 20.6. The summed E-state index contributed by atoms with van der Waals surface area (Å²) in [4.78, 5) is 39.0. The summed E-state index contributed by atoms with van der Waals surface area (Å²) in [5.41, 5.74) is 19.6. The van der Waals surface area contributed by atoms with Gasteiger partial charge in [-0.15, -0.1) is 0 Å². The summed E-state index contributed by atoms with van der Waals surface area (Å²) in [7, 11) is -10.7. The molecule has 0 aliphatic rings. The molecule has 0 aliphatic heterocycles. The molecule has 0 spiro atoms. The van der Waals surface area contributed by atoms with Crippen molar-refractivity contribution in [3.8, 4) is 0 Å². The number of hydrogen-bond acceptors (Lipinski definition) is 8. The van der Waals surface area contributed by atoms with Gasteiger partial charge in [-0.2, -0.15) is 0 Å². The van der Waals surface area contributed by atoms with Crippen molar-refractivity contribution < 1.29 is 75.9 Å². The minimum Gasteiger partial charge on any atom is -0.367 e. The fourth-order valence-corrected chi connectivity index (χ4v) is 3.30. The average molecular weight is 796 g/mol. The monoisotopic (exact) mass is 796 g/mol. The maximum Gasteiger partial charge on any atom is 4.00 e. The number of hydrogen-bond donors (Lipinski definition) is 9. The minimum absolute atomic E-state index is 0. The smallest absolute Gasteiger partial charge is 0.367 e. The summed E-state index contributed by atoms with van der Waals surface area (Å²) < 4.78 is 23.3. The molecule has 1 heterocycles. The summed E-state index contributed by atoms with van der Waals surface area (Å²) in [5.74, 6) is 0. The molecule has 0 saturated carbocycles. The zero-order chi connectivity index (χ0) is 20.1. The molecule has 0 bridgehead atoms. The Labute approximate surface area is 186 Å². The van der Waals surface area contributed by atoms with Gasteiger partial charge in [0.15, 0.2) is 0 Å². The van der Waals surface area contributed by atoms with Gasteiger partial charge in [-0.3, -0.25) is 9.13 Å². The van der Waals surface area contributed by atoms with Crippen LogP contribution in [0.25, 0.3) is 0 Å². The Bertz CT molecular complexity index is 512.